The van der Waals surface area contributed by atoms with Crippen LogP contribution in [0, 0.1) is 24.4 Å². The van der Waals surface area contributed by atoms with Gasteiger partial charge < -0.3 is 9.64 Å². The average Bonchev–Trinajstić information content (AvgIpc) is 3.08. The Bertz CT molecular complexity index is 1170. The number of benzene rings is 1. The maximum atomic E-state index is 13.8. The Morgan fingerprint density at radius 2 is 1.87 bits per heavy atom. The topological polar surface area (TPSA) is 60.2 Å². The van der Waals surface area contributed by atoms with E-state index in [1.807, 2.05) is 6.92 Å². The molecule has 31 heavy (non-hydrogen) atoms. The molecule has 4 rings (SSSR count). The van der Waals surface area contributed by atoms with E-state index in [9.17, 15) is 18.0 Å². The first-order chi connectivity index (χ1) is 14.7. The molecule has 6 nitrogen and oxygen atoms in total. The Kier molecular flexibility index (Phi) is 5.20. The third-order valence-electron chi connectivity index (χ3n) is 5.66. The van der Waals surface area contributed by atoms with Crippen LogP contribution in [-0.4, -0.2) is 39.2 Å². The number of carbonyl (C=O) groups is 1. The Hall–Kier alpha value is -3.36. The first-order valence-electron chi connectivity index (χ1n) is 9.76. The SMILES string of the molecule is COc1ccc(C(=O)N2CCc3c(nn(C)c3-c3cc(F)c(F)c(F)c3)[C@@H]2C)c(C)n1. The van der Waals surface area contributed by atoms with Gasteiger partial charge in [0, 0.05) is 30.8 Å². The monoisotopic (exact) mass is 430 g/mol. The van der Waals surface area contributed by atoms with E-state index in [4.69, 9.17) is 4.74 Å². The van der Waals surface area contributed by atoms with E-state index in [0.29, 0.717) is 41.5 Å². The van der Waals surface area contributed by atoms with Gasteiger partial charge in [-0.15, -0.1) is 0 Å². The third-order valence-corrected chi connectivity index (χ3v) is 5.66. The molecule has 9 heteroatoms. The van der Waals surface area contributed by atoms with E-state index in [1.165, 1.54) is 11.8 Å². The summed E-state index contributed by atoms with van der Waals surface area (Å²) in [5.41, 5.74) is 3.16. The standard InChI is InChI=1S/C22H21F3N4O2/c1-11-14(5-6-18(26-11)31-4)22(30)29-8-7-15-20(12(29)2)27-28(3)21(15)13-9-16(23)19(25)17(24)10-13/h5-6,9-10,12H,7-8H2,1-4H3/t12-/m0/s1. The van der Waals surface area contributed by atoms with Crippen LogP contribution in [0.1, 0.15) is 40.3 Å². The summed E-state index contributed by atoms with van der Waals surface area (Å²) in [5, 5.41) is 4.51. The van der Waals surface area contributed by atoms with Gasteiger partial charge in [0.25, 0.3) is 5.91 Å². The molecule has 2 aromatic heterocycles. The molecule has 0 N–H and O–H groups in total. The average molecular weight is 430 g/mol. The van der Waals surface area contributed by atoms with Crippen LogP contribution in [0.5, 0.6) is 5.88 Å². The molecule has 3 heterocycles. The summed E-state index contributed by atoms with van der Waals surface area (Å²) in [6.45, 7) is 3.99. The summed E-state index contributed by atoms with van der Waals surface area (Å²) in [5.74, 6) is -3.78. The second-order valence-electron chi connectivity index (χ2n) is 7.50. The Morgan fingerprint density at radius 1 is 1.19 bits per heavy atom. The Labute approximate surface area is 177 Å². The third kappa shape index (κ3) is 3.43. The molecule has 1 atom stereocenters. The second-order valence-corrected chi connectivity index (χ2v) is 7.50. The number of fused-ring (bicyclic) bond motifs is 1. The number of ether oxygens (including phenoxy) is 1. The fraction of sp³-hybridized carbons (Fsp3) is 0.318. The highest BCUT2D eigenvalue weighted by atomic mass is 19.2. The smallest absolute Gasteiger partial charge is 0.256 e. The number of aromatic nitrogens is 3. The number of aryl methyl sites for hydroxylation is 2. The minimum absolute atomic E-state index is 0.183. The molecular formula is C22H21F3N4O2. The van der Waals surface area contributed by atoms with Crippen LogP contribution in [0.2, 0.25) is 0 Å². The molecule has 1 aliphatic heterocycles. The lowest BCUT2D eigenvalue weighted by Crippen LogP contribution is -2.39. The summed E-state index contributed by atoms with van der Waals surface area (Å²) >= 11 is 0. The Morgan fingerprint density at radius 3 is 2.48 bits per heavy atom. The van der Waals surface area contributed by atoms with Gasteiger partial charge in [0.1, 0.15) is 0 Å². The van der Waals surface area contributed by atoms with Crippen molar-refractivity contribution < 1.29 is 22.7 Å². The van der Waals surface area contributed by atoms with Crippen LogP contribution in [0.15, 0.2) is 24.3 Å². The van der Waals surface area contributed by atoms with Gasteiger partial charge in [0.05, 0.1) is 35.8 Å². The number of methoxy groups -OCH3 is 1. The largest absolute Gasteiger partial charge is 0.481 e. The predicted molar refractivity (Wildman–Crippen MR) is 107 cm³/mol. The normalized spacial score (nSPS) is 15.7. The molecule has 3 aromatic rings. The molecule has 0 spiro atoms. The van der Waals surface area contributed by atoms with E-state index in [-0.39, 0.29) is 17.5 Å². The number of carbonyl (C=O) groups excluding carboxylic acids is 1. The number of hydrogen-bond acceptors (Lipinski definition) is 4. The van der Waals surface area contributed by atoms with Gasteiger partial charge in [-0.05, 0) is 38.5 Å². The zero-order valence-electron chi connectivity index (χ0n) is 17.5. The van der Waals surface area contributed by atoms with Gasteiger partial charge in [-0.2, -0.15) is 5.10 Å². The minimum Gasteiger partial charge on any atom is -0.481 e. The van der Waals surface area contributed by atoms with Crippen LogP contribution in [0.4, 0.5) is 13.2 Å². The van der Waals surface area contributed by atoms with E-state index in [0.717, 1.165) is 17.7 Å². The van der Waals surface area contributed by atoms with Crippen molar-refractivity contribution in [2.75, 3.05) is 13.7 Å². The van der Waals surface area contributed by atoms with E-state index in [1.54, 1.807) is 31.0 Å². The Balaban J connectivity index is 1.70. The van der Waals surface area contributed by atoms with Crippen molar-refractivity contribution in [3.8, 4) is 17.1 Å². The van der Waals surface area contributed by atoms with Gasteiger partial charge in [-0.25, -0.2) is 18.2 Å². The van der Waals surface area contributed by atoms with Crippen LogP contribution in [0.3, 0.4) is 0 Å². The number of amides is 1. The highest BCUT2D eigenvalue weighted by Gasteiger charge is 2.34. The number of pyridine rings is 1. The maximum Gasteiger partial charge on any atom is 0.256 e. The summed E-state index contributed by atoms with van der Waals surface area (Å²) in [7, 11) is 3.16. The van der Waals surface area contributed by atoms with Crippen molar-refractivity contribution in [3.05, 3.63) is 64.2 Å². The zero-order valence-corrected chi connectivity index (χ0v) is 17.5. The van der Waals surface area contributed by atoms with Crippen molar-refractivity contribution in [2.45, 2.75) is 26.3 Å². The van der Waals surface area contributed by atoms with Gasteiger partial charge in [0.15, 0.2) is 17.5 Å². The number of hydrogen-bond donors (Lipinski definition) is 0. The molecule has 0 saturated heterocycles. The summed E-state index contributed by atoms with van der Waals surface area (Å²) in [6, 6.07) is 4.87. The van der Waals surface area contributed by atoms with E-state index < -0.39 is 17.5 Å². The summed E-state index contributed by atoms with van der Waals surface area (Å²) in [4.78, 5) is 19.2. The van der Waals surface area contributed by atoms with Crippen molar-refractivity contribution >= 4 is 5.91 Å². The number of halogens is 3. The van der Waals surface area contributed by atoms with Crippen molar-refractivity contribution in [1.29, 1.82) is 0 Å². The van der Waals surface area contributed by atoms with Crippen molar-refractivity contribution in [2.24, 2.45) is 7.05 Å². The van der Waals surface area contributed by atoms with Crippen LogP contribution >= 0.6 is 0 Å². The molecule has 1 aromatic carbocycles. The zero-order chi connectivity index (χ0) is 22.4. The first kappa shape index (κ1) is 20.9. The first-order valence-corrected chi connectivity index (χ1v) is 9.76. The van der Waals surface area contributed by atoms with Gasteiger partial charge in [-0.3, -0.25) is 9.48 Å². The predicted octanol–water partition coefficient (Wildman–Crippen LogP) is 3.98. The van der Waals surface area contributed by atoms with Crippen molar-refractivity contribution in [3.63, 3.8) is 0 Å². The van der Waals surface area contributed by atoms with E-state index in [2.05, 4.69) is 10.1 Å². The lowest BCUT2D eigenvalue weighted by Gasteiger charge is -2.33. The summed E-state index contributed by atoms with van der Waals surface area (Å²) < 4.78 is 47.6. The molecule has 0 saturated carbocycles. The molecule has 0 aliphatic carbocycles. The fourth-order valence-corrected chi connectivity index (χ4v) is 4.11. The number of rotatable bonds is 3. The fourth-order valence-electron chi connectivity index (χ4n) is 4.11. The van der Waals surface area contributed by atoms with Crippen LogP contribution in [-0.2, 0) is 13.5 Å². The molecule has 1 amide bonds. The lowest BCUT2D eigenvalue weighted by molar-refractivity contribution is 0.0672. The van der Waals surface area contributed by atoms with Gasteiger partial charge in [-0.1, -0.05) is 0 Å². The summed E-state index contributed by atoms with van der Waals surface area (Å²) in [6.07, 6.45) is 0.442. The molecule has 0 unspecified atom stereocenters. The molecule has 162 valence electrons. The quantitative estimate of drug-likeness (QED) is 0.590. The maximum absolute atomic E-state index is 13.8. The molecule has 0 bridgehead atoms. The number of nitrogens with zero attached hydrogens (tertiary/aromatic N) is 4. The van der Waals surface area contributed by atoms with Gasteiger partial charge in [0.2, 0.25) is 5.88 Å². The van der Waals surface area contributed by atoms with E-state index >= 15 is 0 Å². The highest BCUT2D eigenvalue weighted by Crippen LogP contribution is 2.37. The molecule has 0 fully saturated rings. The van der Waals surface area contributed by atoms with Crippen LogP contribution in [0.25, 0.3) is 11.3 Å². The minimum atomic E-state index is -1.51. The van der Waals surface area contributed by atoms with Crippen molar-refractivity contribution in [1.82, 2.24) is 19.7 Å². The van der Waals surface area contributed by atoms with Crippen LogP contribution < -0.4 is 4.74 Å². The van der Waals surface area contributed by atoms with Gasteiger partial charge >= 0.3 is 0 Å². The second kappa shape index (κ2) is 7.72. The lowest BCUT2D eigenvalue weighted by atomic mass is 9.95. The molecule has 0 radical (unpaired) electrons. The molecular weight excluding hydrogens is 409 g/mol. The highest BCUT2D eigenvalue weighted by molar-refractivity contribution is 5.95. The molecule has 1 aliphatic rings.